The van der Waals surface area contributed by atoms with Crippen molar-refractivity contribution < 1.29 is 29.0 Å². The van der Waals surface area contributed by atoms with Crippen LogP contribution in [0.15, 0.2) is 72.8 Å². The Labute approximate surface area is 224 Å². The molecule has 0 bridgehead atoms. The van der Waals surface area contributed by atoms with E-state index in [1.807, 2.05) is 72.8 Å². The largest absolute Gasteiger partial charge is 0.455 e. The number of aliphatic hydroxyl groups is 1. The molecule has 3 rings (SSSR count). The molecule has 2 amide bonds. The summed E-state index contributed by atoms with van der Waals surface area (Å²) < 4.78 is 11.3. The number of nitrogens with zero attached hydrogens (tertiary/aromatic N) is 1. The second-order valence-electron chi connectivity index (χ2n) is 9.42. The number of amides is 2. The minimum Gasteiger partial charge on any atom is -0.455 e. The first-order chi connectivity index (χ1) is 18.5. The molecule has 8 nitrogen and oxygen atoms in total. The van der Waals surface area contributed by atoms with Gasteiger partial charge in [-0.2, -0.15) is 0 Å². The third-order valence-corrected chi connectivity index (χ3v) is 6.50. The SMILES string of the molecule is COC[C@@H]1NC(=O)[C@@H](CC(=O)N(CCO)Cc2ccccc2)CC=CCCCC(=O)O[C@H]1c1ccccc1. The number of rotatable bonds is 9. The van der Waals surface area contributed by atoms with Crippen LogP contribution in [0, 0.1) is 5.92 Å². The second kappa shape index (κ2) is 15.7. The number of aliphatic hydroxyl groups excluding tert-OH is 1. The lowest BCUT2D eigenvalue weighted by molar-refractivity contribution is -0.153. The molecular formula is C30H38N2O6. The molecule has 0 radical (unpaired) electrons. The van der Waals surface area contributed by atoms with Crippen molar-refractivity contribution in [3.63, 3.8) is 0 Å². The lowest BCUT2D eigenvalue weighted by Gasteiger charge is -2.30. The Kier molecular flexibility index (Phi) is 12.0. The molecule has 0 saturated heterocycles. The molecule has 204 valence electrons. The van der Waals surface area contributed by atoms with Gasteiger partial charge in [-0.1, -0.05) is 72.8 Å². The number of carbonyl (C=O) groups excluding carboxylic acids is 3. The quantitative estimate of drug-likeness (QED) is 0.386. The number of methoxy groups -OCH3 is 1. The summed E-state index contributed by atoms with van der Waals surface area (Å²) in [5, 5.41) is 12.6. The van der Waals surface area contributed by atoms with Crippen molar-refractivity contribution in [2.45, 2.75) is 50.8 Å². The van der Waals surface area contributed by atoms with Gasteiger partial charge in [0.25, 0.3) is 0 Å². The Morgan fingerprint density at radius 3 is 2.47 bits per heavy atom. The van der Waals surface area contributed by atoms with Gasteiger partial charge >= 0.3 is 5.97 Å². The van der Waals surface area contributed by atoms with E-state index in [0.29, 0.717) is 25.8 Å². The van der Waals surface area contributed by atoms with Crippen LogP contribution in [0.3, 0.4) is 0 Å². The maximum absolute atomic E-state index is 13.6. The van der Waals surface area contributed by atoms with E-state index < -0.39 is 18.1 Å². The normalized spacial score (nSPS) is 20.8. The molecular weight excluding hydrogens is 484 g/mol. The highest BCUT2D eigenvalue weighted by molar-refractivity contribution is 5.86. The van der Waals surface area contributed by atoms with E-state index in [1.165, 1.54) is 7.11 Å². The van der Waals surface area contributed by atoms with Gasteiger partial charge in [0.15, 0.2) is 0 Å². The molecule has 1 aliphatic rings. The van der Waals surface area contributed by atoms with Crippen LogP contribution in [0.5, 0.6) is 0 Å². The summed E-state index contributed by atoms with van der Waals surface area (Å²) in [5.74, 6) is -1.50. The van der Waals surface area contributed by atoms with E-state index >= 15 is 0 Å². The Morgan fingerprint density at radius 2 is 1.79 bits per heavy atom. The van der Waals surface area contributed by atoms with Crippen molar-refractivity contribution in [2.75, 3.05) is 26.9 Å². The zero-order valence-electron chi connectivity index (χ0n) is 22.0. The van der Waals surface area contributed by atoms with E-state index in [1.54, 1.807) is 4.90 Å². The van der Waals surface area contributed by atoms with Gasteiger partial charge in [0.1, 0.15) is 6.10 Å². The molecule has 2 N–H and O–H groups in total. The number of nitrogens with one attached hydrogen (secondary N) is 1. The number of carbonyl (C=O) groups is 3. The summed E-state index contributed by atoms with van der Waals surface area (Å²) >= 11 is 0. The summed E-state index contributed by atoms with van der Waals surface area (Å²) in [6, 6.07) is 18.2. The van der Waals surface area contributed by atoms with E-state index in [-0.39, 0.29) is 50.4 Å². The predicted molar refractivity (Wildman–Crippen MR) is 144 cm³/mol. The minimum absolute atomic E-state index is 0.0154. The number of esters is 1. The number of cyclic esters (lactones) is 1. The highest BCUT2D eigenvalue weighted by atomic mass is 16.5. The highest BCUT2D eigenvalue weighted by Crippen LogP contribution is 2.25. The van der Waals surface area contributed by atoms with Crippen molar-refractivity contribution in [3.8, 4) is 0 Å². The van der Waals surface area contributed by atoms with Gasteiger partial charge in [0.05, 0.1) is 25.2 Å². The fourth-order valence-electron chi connectivity index (χ4n) is 4.49. The Balaban J connectivity index is 1.83. The molecule has 0 unspecified atom stereocenters. The molecule has 2 aromatic carbocycles. The van der Waals surface area contributed by atoms with Crippen LogP contribution < -0.4 is 5.32 Å². The smallest absolute Gasteiger partial charge is 0.306 e. The van der Waals surface area contributed by atoms with E-state index in [4.69, 9.17) is 9.47 Å². The van der Waals surface area contributed by atoms with Gasteiger partial charge in [-0.3, -0.25) is 14.4 Å². The predicted octanol–water partition coefficient (Wildman–Crippen LogP) is 3.56. The number of benzene rings is 2. The van der Waals surface area contributed by atoms with Crippen molar-refractivity contribution in [1.82, 2.24) is 10.2 Å². The van der Waals surface area contributed by atoms with Crippen LogP contribution in [0.25, 0.3) is 0 Å². The standard InChI is InChI=1S/C30H38N2O6/c1-37-22-26-29(24-14-9-5-10-15-24)38-28(35)17-11-3-2-8-16-25(30(36)31-26)20-27(34)32(18-19-33)21-23-12-6-4-7-13-23/h2,4-10,12-15,25-26,29,33H,3,11,16-22H2,1H3,(H,31,36)/t25-,26+,29+/m1/s1. The van der Waals surface area contributed by atoms with E-state index in [2.05, 4.69) is 5.32 Å². The highest BCUT2D eigenvalue weighted by Gasteiger charge is 2.32. The van der Waals surface area contributed by atoms with Gasteiger partial charge in [-0.05, 0) is 30.4 Å². The number of allylic oxidation sites excluding steroid dienone is 2. The van der Waals surface area contributed by atoms with Gasteiger partial charge in [-0.25, -0.2) is 0 Å². The van der Waals surface area contributed by atoms with Crippen LogP contribution in [0.4, 0.5) is 0 Å². The molecule has 0 aliphatic carbocycles. The molecule has 8 heteroatoms. The molecule has 1 aliphatic heterocycles. The van der Waals surface area contributed by atoms with Crippen LogP contribution in [0.2, 0.25) is 0 Å². The minimum atomic E-state index is -0.735. The van der Waals surface area contributed by atoms with Crippen molar-refractivity contribution in [1.29, 1.82) is 0 Å². The average Bonchev–Trinajstić information content (AvgIpc) is 2.94. The summed E-state index contributed by atoms with van der Waals surface area (Å²) in [5.41, 5.74) is 1.70. The van der Waals surface area contributed by atoms with Crippen LogP contribution in [-0.4, -0.2) is 60.7 Å². The molecule has 0 spiro atoms. The van der Waals surface area contributed by atoms with Crippen LogP contribution in [0.1, 0.15) is 49.3 Å². The molecule has 0 aromatic heterocycles. The van der Waals surface area contributed by atoms with Crippen molar-refractivity contribution in [2.24, 2.45) is 5.92 Å². The van der Waals surface area contributed by atoms with Crippen molar-refractivity contribution in [3.05, 3.63) is 83.9 Å². The molecule has 0 saturated carbocycles. The first-order valence-electron chi connectivity index (χ1n) is 13.1. The molecule has 1 heterocycles. The maximum Gasteiger partial charge on any atom is 0.306 e. The van der Waals surface area contributed by atoms with Gasteiger partial charge < -0.3 is 24.8 Å². The number of hydrogen-bond donors (Lipinski definition) is 2. The third kappa shape index (κ3) is 9.11. The zero-order valence-corrected chi connectivity index (χ0v) is 22.0. The van der Waals surface area contributed by atoms with Crippen molar-refractivity contribution >= 4 is 17.8 Å². The summed E-state index contributed by atoms with van der Waals surface area (Å²) in [7, 11) is 1.53. The Bertz CT molecular complexity index is 1040. The number of ether oxygens (including phenoxy) is 2. The van der Waals surface area contributed by atoms with Gasteiger partial charge in [0, 0.05) is 33.0 Å². The fraction of sp³-hybridized carbons (Fsp3) is 0.433. The average molecular weight is 523 g/mol. The second-order valence-corrected chi connectivity index (χ2v) is 9.42. The Morgan fingerprint density at radius 1 is 1.08 bits per heavy atom. The lowest BCUT2D eigenvalue weighted by Crippen LogP contribution is -2.47. The summed E-state index contributed by atoms with van der Waals surface area (Å²) in [6.45, 7) is 0.480. The fourth-order valence-corrected chi connectivity index (χ4v) is 4.49. The molecule has 3 atom stereocenters. The topological polar surface area (TPSA) is 105 Å². The van der Waals surface area contributed by atoms with Gasteiger partial charge in [0.2, 0.25) is 11.8 Å². The lowest BCUT2D eigenvalue weighted by atomic mass is 9.96. The van der Waals surface area contributed by atoms with Crippen LogP contribution >= 0.6 is 0 Å². The molecule has 38 heavy (non-hydrogen) atoms. The van der Waals surface area contributed by atoms with Gasteiger partial charge in [-0.15, -0.1) is 0 Å². The van der Waals surface area contributed by atoms with E-state index in [9.17, 15) is 19.5 Å². The molecule has 2 aromatic rings. The van der Waals surface area contributed by atoms with E-state index in [0.717, 1.165) is 11.1 Å². The summed E-state index contributed by atoms with van der Waals surface area (Å²) in [4.78, 5) is 41.1. The third-order valence-electron chi connectivity index (χ3n) is 6.50. The first-order valence-corrected chi connectivity index (χ1v) is 13.1. The Hall–Kier alpha value is -3.49. The molecule has 0 fully saturated rings. The monoisotopic (exact) mass is 522 g/mol. The maximum atomic E-state index is 13.6. The number of hydrogen-bond acceptors (Lipinski definition) is 6. The van der Waals surface area contributed by atoms with Crippen LogP contribution in [-0.2, 0) is 30.4 Å². The zero-order chi connectivity index (χ0) is 27.2. The first kappa shape index (κ1) is 29.1. The summed E-state index contributed by atoms with van der Waals surface area (Å²) in [6.07, 6.45) is 5.01.